The van der Waals surface area contributed by atoms with Crippen molar-refractivity contribution in [3.8, 4) is 5.75 Å². The van der Waals surface area contributed by atoms with Crippen LogP contribution in [0.15, 0.2) is 24.5 Å². The zero-order valence-electron chi connectivity index (χ0n) is 13.8. The standard InChI is InChI=1S/C16H14N4O5S/c1-3-25-16(22)13-8(2)12-14(17-7-18-15(12)26-13)19-10-6-9(20(23)24)4-5-11(10)21/h4-7,21H,3H2,1-2H3,(H,17,18,19). The van der Waals surface area contributed by atoms with Gasteiger partial charge in [-0.05, 0) is 25.5 Å². The molecule has 0 atom stereocenters. The highest BCUT2D eigenvalue weighted by Crippen LogP contribution is 2.37. The Bertz CT molecular complexity index is 1020. The number of aromatic hydroxyl groups is 1. The van der Waals surface area contributed by atoms with Crippen molar-refractivity contribution < 1.29 is 19.6 Å². The number of benzene rings is 1. The molecule has 1 aromatic carbocycles. The van der Waals surface area contributed by atoms with Gasteiger partial charge in [0.1, 0.15) is 27.6 Å². The van der Waals surface area contributed by atoms with Gasteiger partial charge in [-0.2, -0.15) is 0 Å². The lowest BCUT2D eigenvalue weighted by Gasteiger charge is -2.09. The molecule has 0 radical (unpaired) electrons. The Kier molecular flexibility index (Phi) is 4.67. The molecule has 0 saturated carbocycles. The normalized spacial score (nSPS) is 10.7. The van der Waals surface area contributed by atoms with Crippen molar-refractivity contribution in [2.24, 2.45) is 0 Å². The monoisotopic (exact) mass is 374 g/mol. The Morgan fingerprint density at radius 1 is 1.42 bits per heavy atom. The molecule has 0 aliphatic carbocycles. The van der Waals surface area contributed by atoms with Gasteiger partial charge in [-0.1, -0.05) is 0 Å². The van der Waals surface area contributed by atoms with Crippen LogP contribution in [0.25, 0.3) is 10.2 Å². The minimum Gasteiger partial charge on any atom is -0.506 e. The van der Waals surface area contributed by atoms with Crippen molar-refractivity contribution in [3.05, 3.63) is 45.1 Å². The van der Waals surface area contributed by atoms with Gasteiger partial charge in [-0.15, -0.1) is 11.3 Å². The minimum atomic E-state index is -0.561. The molecule has 2 N–H and O–H groups in total. The summed E-state index contributed by atoms with van der Waals surface area (Å²) < 4.78 is 5.05. The highest BCUT2D eigenvalue weighted by atomic mass is 32.1. The van der Waals surface area contributed by atoms with Crippen LogP contribution in [0.1, 0.15) is 22.2 Å². The van der Waals surface area contributed by atoms with E-state index in [4.69, 9.17) is 4.74 Å². The molecule has 134 valence electrons. The summed E-state index contributed by atoms with van der Waals surface area (Å²) in [4.78, 5) is 31.8. The molecule has 10 heteroatoms. The molecule has 3 aromatic rings. The molecular formula is C16H14N4O5S. The van der Waals surface area contributed by atoms with Crippen LogP contribution in [-0.2, 0) is 4.74 Å². The number of carbonyl (C=O) groups excluding carboxylic acids is 1. The van der Waals surface area contributed by atoms with E-state index in [0.29, 0.717) is 26.5 Å². The number of rotatable bonds is 5. The second-order valence-electron chi connectivity index (χ2n) is 5.26. The van der Waals surface area contributed by atoms with Gasteiger partial charge in [0.15, 0.2) is 0 Å². The van der Waals surface area contributed by atoms with Crippen LogP contribution in [0.3, 0.4) is 0 Å². The van der Waals surface area contributed by atoms with Crippen LogP contribution < -0.4 is 5.32 Å². The molecule has 2 heterocycles. The third-order valence-electron chi connectivity index (χ3n) is 3.63. The Morgan fingerprint density at radius 3 is 2.88 bits per heavy atom. The fourth-order valence-electron chi connectivity index (χ4n) is 2.42. The van der Waals surface area contributed by atoms with Gasteiger partial charge in [0.05, 0.1) is 22.6 Å². The first kappa shape index (κ1) is 17.5. The Hall–Kier alpha value is -3.27. The van der Waals surface area contributed by atoms with Crippen LogP contribution in [0.2, 0.25) is 0 Å². The SMILES string of the molecule is CCOC(=O)c1sc2ncnc(Nc3cc([N+](=O)[O-])ccc3O)c2c1C. The van der Waals surface area contributed by atoms with E-state index in [1.54, 1.807) is 13.8 Å². The van der Waals surface area contributed by atoms with E-state index in [2.05, 4.69) is 15.3 Å². The summed E-state index contributed by atoms with van der Waals surface area (Å²) in [6.07, 6.45) is 1.31. The third-order valence-corrected chi connectivity index (χ3v) is 4.81. The smallest absolute Gasteiger partial charge is 0.348 e. The van der Waals surface area contributed by atoms with Gasteiger partial charge >= 0.3 is 5.97 Å². The zero-order valence-corrected chi connectivity index (χ0v) is 14.7. The van der Waals surface area contributed by atoms with Gasteiger partial charge in [0.25, 0.3) is 5.69 Å². The number of phenolic OH excluding ortho intramolecular Hbond substituents is 1. The summed E-state index contributed by atoms with van der Waals surface area (Å²) in [5, 5.41) is 24.4. The lowest BCUT2D eigenvalue weighted by atomic mass is 10.2. The number of esters is 1. The van der Waals surface area contributed by atoms with Crippen molar-refractivity contribution in [1.82, 2.24) is 9.97 Å². The van der Waals surface area contributed by atoms with Crippen molar-refractivity contribution in [2.75, 3.05) is 11.9 Å². The van der Waals surface area contributed by atoms with E-state index in [9.17, 15) is 20.0 Å². The van der Waals surface area contributed by atoms with Gasteiger partial charge in [-0.3, -0.25) is 10.1 Å². The highest BCUT2D eigenvalue weighted by Gasteiger charge is 2.21. The number of thiophene rings is 1. The van der Waals surface area contributed by atoms with Crippen LogP contribution in [-0.4, -0.2) is 32.6 Å². The predicted molar refractivity (Wildman–Crippen MR) is 96.2 cm³/mol. The second-order valence-corrected chi connectivity index (χ2v) is 6.26. The lowest BCUT2D eigenvalue weighted by Crippen LogP contribution is -2.03. The molecule has 9 nitrogen and oxygen atoms in total. The van der Waals surface area contributed by atoms with Crippen LogP contribution in [0.5, 0.6) is 5.75 Å². The average Bonchev–Trinajstić information content (AvgIpc) is 2.95. The summed E-state index contributed by atoms with van der Waals surface area (Å²) in [5.41, 5.74) is 0.587. The van der Waals surface area contributed by atoms with E-state index in [-0.39, 0.29) is 23.7 Å². The molecule has 0 unspecified atom stereocenters. The van der Waals surface area contributed by atoms with Crippen LogP contribution in [0.4, 0.5) is 17.2 Å². The van der Waals surface area contributed by atoms with E-state index in [1.807, 2.05) is 0 Å². The van der Waals surface area contributed by atoms with E-state index >= 15 is 0 Å². The zero-order chi connectivity index (χ0) is 18.8. The number of aromatic nitrogens is 2. The summed E-state index contributed by atoms with van der Waals surface area (Å²) in [6, 6.07) is 3.63. The Labute approximate surface area is 151 Å². The molecule has 2 aromatic heterocycles. The van der Waals surface area contributed by atoms with Crippen molar-refractivity contribution in [3.63, 3.8) is 0 Å². The topological polar surface area (TPSA) is 127 Å². The van der Waals surface area contributed by atoms with Gasteiger partial charge in [0.2, 0.25) is 0 Å². The minimum absolute atomic E-state index is 0.127. The largest absolute Gasteiger partial charge is 0.506 e. The number of fused-ring (bicyclic) bond motifs is 1. The van der Waals surface area contributed by atoms with Crippen LogP contribution >= 0.6 is 11.3 Å². The number of phenols is 1. The number of nitro groups is 1. The fraction of sp³-hybridized carbons (Fsp3) is 0.188. The van der Waals surface area contributed by atoms with Gasteiger partial charge in [-0.25, -0.2) is 14.8 Å². The van der Waals surface area contributed by atoms with E-state index < -0.39 is 10.9 Å². The summed E-state index contributed by atoms with van der Waals surface area (Å²) in [5.74, 6) is -0.284. The fourth-order valence-corrected chi connectivity index (χ4v) is 3.47. The van der Waals surface area contributed by atoms with E-state index in [0.717, 1.165) is 0 Å². The first-order valence-corrected chi connectivity index (χ1v) is 8.39. The number of aryl methyl sites for hydroxylation is 1. The number of anilines is 2. The number of nitrogens with one attached hydrogen (secondary N) is 1. The first-order valence-electron chi connectivity index (χ1n) is 7.58. The summed E-state index contributed by atoms with van der Waals surface area (Å²) in [7, 11) is 0. The van der Waals surface area contributed by atoms with Gasteiger partial charge < -0.3 is 15.2 Å². The second kappa shape index (κ2) is 6.92. The third kappa shape index (κ3) is 3.14. The Morgan fingerprint density at radius 2 is 2.19 bits per heavy atom. The van der Waals surface area contributed by atoms with E-state index in [1.165, 1.54) is 35.9 Å². The maximum atomic E-state index is 12.1. The molecule has 0 bridgehead atoms. The maximum absolute atomic E-state index is 12.1. The maximum Gasteiger partial charge on any atom is 0.348 e. The summed E-state index contributed by atoms with van der Waals surface area (Å²) in [6.45, 7) is 3.72. The average molecular weight is 374 g/mol. The molecular weight excluding hydrogens is 360 g/mol. The molecule has 26 heavy (non-hydrogen) atoms. The highest BCUT2D eigenvalue weighted by molar-refractivity contribution is 7.20. The summed E-state index contributed by atoms with van der Waals surface area (Å²) >= 11 is 1.17. The van der Waals surface area contributed by atoms with Gasteiger partial charge in [0, 0.05) is 12.1 Å². The molecule has 0 fully saturated rings. The number of hydrogen-bond acceptors (Lipinski definition) is 9. The van der Waals surface area contributed by atoms with Crippen molar-refractivity contribution in [1.29, 1.82) is 0 Å². The van der Waals surface area contributed by atoms with Crippen molar-refractivity contribution >= 4 is 44.7 Å². The number of carbonyl (C=O) groups is 1. The molecule has 0 saturated heterocycles. The van der Waals surface area contributed by atoms with Crippen LogP contribution in [0, 0.1) is 17.0 Å². The number of nitrogens with zero attached hydrogens (tertiary/aromatic N) is 3. The quantitative estimate of drug-likeness (QED) is 0.300. The number of nitro benzene ring substituents is 1. The number of hydrogen-bond donors (Lipinski definition) is 2. The first-order chi connectivity index (χ1) is 12.4. The molecule has 0 aliphatic rings. The molecule has 3 rings (SSSR count). The molecule has 0 amide bonds. The molecule has 0 spiro atoms. The Balaban J connectivity index is 2.08. The predicted octanol–water partition coefficient (Wildman–Crippen LogP) is 3.53. The molecule has 0 aliphatic heterocycles. The van der Waals surface area contributed by atoms with Crippen molar-refractivity contribution in [2.45, 2.75) is 13.8 Å². The number of ether oxygens (including phenoxy) is 1. The number of non-ortho nitro benzene ring substituents is 1. The lowest BCUT2D eigenvalue weighted by molar-refractivity contribution is -0.384.